The summed E-state index contributed by atoms with van der Waals surface area (Å²) in [5, 5.41) is 13.6. The van der Waals surface area contributed by atoms with Crippen LogP contribution in [0.4, 0.5) is 0 Å². The van der Waals surface area contributed by atoms with Crippen LogP contribution in [-0.4, -0.2) is 25.1 Å². The molecule has 39 heavy (non-hydrogen) atoms. The van der Waals surface area contributed by atoms with Crippen LogP contribution < -0.4 is 5.32 Å². The third-order valence-corrected chi connectivity index (χ3v) is 7.08. The van der Waals surface area contributed by atoms with Crippen molar-refractivity contribution < 1.29 is 0 Å². The van der Waals surface area contributed by atoms with Gasteiger partial charge in [0.2, 0.25) is 0 Å². The van der Waals surface area contributed by atoms with Crippen LogP contribution >= 0.6 is 0 Å². The first kappa shape index (κ1) is 23.1. The van der Waals surface area contributed by atoms with E-state index in [-0.39, 0.29) is 0 Å². The Morgan fingerprint density at radius 1 is 0.615 bits per heavy atom. The first-order chi connectivity index (χ1) is 19.3. The fourth-order valence-corrected chi connectivity index (χ4v) is 5.14. The Morgan fingerprint density at radius 3 is 2.41 bits per heavy atom. The normalized spacial score (nSPS) is 11.4. The molecule has 0 atom stereocenters. The summed E-state index contributed by atoms with van der Waals surface area (Å²) in [6.45, 7) is 1.58. The van der Waals surface area contributed by atoms with Crippen LogP contribution in [0.1, 0.15) is 11.1 Å². The minimum atomic E-state index is 0.753. The zero-order chi connectivity index (χ0) is 26.0. The average Bonchev–Trinajstić information content (AvgIpc) is 3.62. The summed E-state index contributed by atoms with van der Waals surface area (Å²) in [6, 6.07) is 31.6. The van der Waals surface area contributed by atoms with E-state index in [0.717, 1.165) is 74.1 Å². The fraction of sp³-hybridized carbons (Fsp3) is 0.0606. The van der Waals surface area contributed by atoms with E-state index in [4.69, 9.17) is 5.10 Å². The van der Waals surface area contributed by atoms with E-state index in [1.54, 1.807) is 6.20 Å². The van der Waals surface area contributed by atoms with Crippen molar-refractivity contribution in [2.24, 2.45) is 0 Å². The monoisotopic (exact) mass is 506 g/mol. The Morgan fingerprint density at radius 2 is 1.51 bits per heavy atom. The number of fused-ring (bicyclic) bond motifs is 2. The van der Waals surface area contributed by atoms with Crippen LogP contribution in [-0.2, 0) is 13.1 Å². The smallest absolute Gasteiger partial charge is 0.116 e. The van der Waals surface area contributed by atoms with E-state index >= 15 is 0 Å². The van der Waals surface area contributed by atoms with Gasteiger partial charge in [0.1, 0.15) is 5.69 Å². The third kappa shape index (κ3) is 4.58. The molecular weight excluding hydrogens is 480 g/mol. The number of pyridine rings is 2. The first-order valence-electron chi connectivity index (χ1n) is 13.0. The predicted octanol–water partition coefficient (Wildman–Crippen LogP) is 7.13. The minimum absolute atomic E-state index is 0.753. The molecule has 0 amide bonds. The minimum Gasteiger partial charge on any atom is -0.353 e. The zero-order valence-electron chi connectivity index (χ0n) is 21.2. The summed E-state index contributed by atoms with van der Waals surface area (Å²) in [6.07, 6.45) is 7.54. The third-order valence-electron chi connectivity index (χ3n) is 7.08. The average molecular weight is 507 g/mol. The van der Waals surface area contributed by atoms with Crippen LogP contribution in [0.3, 0.4) is 0 Å². The molecule has 0 fully saturated rings. The number of rotatable bonds is 7. The molecular formula is C33H26N6. The van der Waals surface area contributed by atoms with Gasteiger partial charge in [0.15, 0.2) is 0 Å². The molecule has 3 N–H and O–H groups in total. The van der Waals surface area contributed by atoms with Crippen molar-refractivity contribution in [2.45, 2.75) is 13.1 Å². The molecule has 4 aromatic heterocycles. The van der Waals surface area contributed by atoms with Gasteiger partial charge in [-0.05, 0) is 58.7 Å². The molecule has 0 aliphatic rings. The Labute approximate surface area is 225 Å². The highest BCUT2D eigenvalue weighted by molar-refractivity contribution is 6.01. The van der Waals surface area contributed by atoms with Gasteiger partial charge in [-0.15, -0.1) is 0 Å². The maximum atomic E-state index is 4.69. The number of hydrogen-bond donors (Lipinski definition) is 3. The lowest BCUT2D eigenvalue weighted by Crippen LogP contribution is -2.12. The van der Waals surface area contributed by atoms with Gasteiger partial charge in [0, 0.05) is 65.3 Å². The number of nitrogens with zero attached hydrogens (tertiary/aromatic N) is 3. The van der Waals surface area contributed by atoms with Crippen molar-refractivity contribution in [3.63, 3.8) is 0 Å². The molecule has 0 saturated carbocycles. The highest BCUT2D eigenvalue weighted by atomic mass is 15.1. The molecule has 0 aliphatic heterocycles. The highest BCUT2D eigenvalue weighted by Gasteiger charge is 2.14. The maximum absolute atomic E-state index is 4.69. The van der Waals surface area contributed by atoms with E-state index < -0.39 is 0 Å². The lowest BCUT2D eigenvalue weighted by molar-refractivity contribution is 0.691. The summed E-state index contributed by atoms with van der Waals surface area (Å²) in [5.74, 6) is 0. The fourth-order valence-electron chi connectivity index (χ4n) is 5.14. The number of aromatic amines is 2. The summed E-state index contributed by atoms with van der Waals surface area (Å²) >= 11 is 0. The van der Waals surface area contributed by atoms with Gasteiger partial charge in [-0.25, -0.2) is 0 Å². The van der Waals surface area contributed by atoms with Crippen LogP contribution in [0.5, 0.6) is 0 Å². The second-order valence-corrected chi connectivity index (χ2v) is 9.70. The van der Waals surface area contributed by atoms with Crippen LogP contribution in [0.25, 0.3) is 55.4 Å². The number of H-pyrrole nitrogens is 2. The van der Waals surface area contributed by atoms with Crippen molar-refractivity contribution >= 4 is 21.8 Å². The number of aromatic nitrogens is 5. The Hall–Kier alpha value is -5.07. The van der Waals surface area contributed by atoms with Crippen LogP contribution in [0.2, 0.25) is 0 Å². The summed E-state index contributed by atoms with van der Waals surface area (Å²) in [4.78, 5) is 12.4. The predicted molar refractivity (Wildman–Crippen MR) is 157 cm³/mol. The van der Waals surface area contributed by atoms with Crippen molar-refractivity contribution in [1.82, 2.24) is 30.5 Å². The standard InChI is InChI=1S/C33H26N6/c1-2-6-22(7-3-1)17-35-18-23-14-26(21-36-19-23)24-11-12-31-29(15-24)33(39-38-31)32-16-28-27(9-4-10-30(28)37-32)25-8-5-13-34-20-25/h1-16,19-21,35,37H,17-18H2,(H,38,39). The second-order valence-electron chi connectivity index (χ2n) is 9.70. The van der Waals surface area contributed by atoms with E-state index in [1.165, 1.54) is 5.56 Å². The SMILES string of the molecule is c1ccc(CNCc2cncc(-c3ccc4[nH]nc(-c5cc6c(-c7cccnc7)cccc6[nH]5)c4c3)c2)cc1. The Bertz CT molecular complexity index is 1890. The maximum Gasteiger partial charge on any atom is 0.116 e. The topological polar surface area (TPSA) is 82.3 Å². The molecule has 0 radical (unpaired) electrons. The van der Waals surface area contributed by atoms with Gasteiger partial charge in [0.05, 0.1) is 11.2 Å². The van der Waals surface area contributed by atoms with E-state index in [2.05, 4.69) is 104 Å². The molecule has 0 bridgehead atoms. The van der Waals surface area contributed by atoms with Gasteiger partial charge in [-0.1, -0.05) is 54.6 Å². The van der Waals surface area contributed by atoms with Crippen molar-refractivity contribution in [3.05, 3.63) is 127 Å². The molecule has 188 valence electrons. The van der Waals surface area contributed by atoms with Gasteiger partial charge < -0.3 is 10.3 Å². The van der Waals surface area contributed by atoms with Crippen molar-refractivity contribution in [2.75, 3.05) is 0 Å². The van der Waals surface area contributed by atoms with E-state index in [1.807, 2.05) is 30.7 Å². The molecule has 3 aromatic carbocycles. The molecule has 6 nitrogen and oxygen atoms in total. The van der Waals surface area contributed by atoms with Crippen LogP contribution in [0.15, 0.2) is 116 Å². The molecule has 6 heteroatoms. The molecule has 7 aromatic rings. The Balaban J connectivity index is 1.20. The summed E-state index contributed by atoms with van der Waals surface area (Å²) < 4.78 is 0. The van der Waals surface area contributed by atoms with E-state index in [9.17, 15) is 0 Å². The molecule has 0 aliphatic carbocycles. The van der Waals surface area contributed by atoms with Gasteiger partial charge in [-0.3, -0.25) is 15.1 Å². The largest absolute Gasteiger partial charge is 0.353 e. The lowest BCUT2D eigenvalue weighted by atomic mass is 10.0. The van der Waals surface area contributed by atoms with Crippen molar-refractivity contribution in [3.8, 4) is 33.6 Å². The highest BCUT2D eigenvalue weighted by Crippen LogP contribution is 2.35. The number of nitrogens with one attached hydrogen (secondary N) is 3. The second kappa shape index (κ2) is 10.0. The van der Waals surface area contributed by atoms with E-state index in [0.29, 0.717) is 0 Å². The number of hydrogen-bond acceptors (Lipinski definition) is 4. The lowest BCUT2D eigenvalue weighted by Gasteiger charge is -2.08. The van der Waals surface area contributed by atoms with Gasteiger partial charge >= 0.3 is 0 Å². The summed E-state index contributed by atoms with van der Waals surface area (Å²) in [5.41, 5.74) is 10.8. The molecule has 7 rings (SSSR count). The summed E-state index contributed by atoms with van der Waals surface area (Å²) in [7, 11) is 0. The number of benzene rings is 3. The molecule has 4 heterocycles. The Kier molecular flexibility index (Phi) is 5.92. The molecule has 0 unspecified atom stereocenters. The van der Waals surface area contributed by atoms with Gasteiger partial charge in [0.25, 0.3) is 0 Å². The van der Waals surface area contributed by atoms with Crippen LogP contribution in [0, 0.1) is 0 Å². The first-order valence-corrected chi connectivity index (χ1v) is 13.0. The molecule has 0 spiro atoms. The quantitative estimate of drug-likeness (QED) is 0.215. The molecule has 0 saturated heterocycles. The van der Waals surface area contributed by atoms with Gasteiger partial charge in [-0.2, -0.15) is 5.10 Å². The zero-order valence-corrected chi connectivity index (χ0v) is 21.2. The van der Waals surface area contributed by atoms with Crippen molar-refractivity contribution in [1.29, 1.82) is 0 Å².